The number of aromatic nitrogens is 3. The molecular formula is C22H26FN5O. The Labute approximate surface area is 169 Å². The van der Waals surface area contributed by atoms with Crippen molar-refractivity contribution < 1.29 is 9.18 Å². The molecule has 152 valence electrons. The monoisotopic (exact) mass is 395 g/mol. The summed E-state index contributed by atoms with van der Waals surface area (Å²) in [6, 6.07) is 6.49. The zero-order chi connectivity index (χ0) is 20.5. The molecule has 1 fully saturated rings. The molecular weight excluding hydrogens is 369 g/mol. The van der Waals surface area contributed by atoms with E-state index in [9.17, 15) is 9.18 Å². The highest BCUT2D eigenvalue weighted by Crippen LogP contribution is 2.34. The van der Waals surface area contributed by atoms with Gasteiger partial charge in [-0.1, -0.05) is 6.07 Å². The van der Waals surface area contributed by atoms with Gasteiger partial charge in [0.15, 0.2) is 5.65 Å². The normalized spacial score (nSPS) is 16.7. The number of nitrogens with one attached hydrogen (secondary N) is 2. The van der Waals surface area contributed by atoms with Crippen molar-refractivity contribution in [2.45, 2.75) is 39.2 Å². The molecule has 0 saturated carbocycles. The topological polar surface area (TPSA) is 73.9 Å². The molecule has 1 saturated heterocycles. The van der Waals surface area contributed by atoms with Crippen molar-refractivity contribution in [1.29, 1.82) is 0 Å². The van der Waals surface area contributed by atoms with Crippen LogP contribution in [0.15, 0.2) is 30.5 Å². The van der Waals surface area contributed by atoms with Gasteiger partial charge in [0.05, 0.1) is 11.8 Å². The Balaban J connectivity index is 1.90. The second-order valence-electron chi connectivity index (χ2n) is 7.79. The molecule has 0 aliphatic carbocycles. The zero-order valence-electron chi connectivity index (χ0n) is 17.0. The van der Waals surface area contributed by atoms with Gasteiger partial charge >= 0.3 is 0 Å². The number of amides is 1. The van der Waals surface area contributed by atoms with Crippen molar-refractivity contribution in [2.24, 2.45) is 0 Å². The molecule has 1 unspecified atom stereocenters. The molecule has 2 N–H and O–H groups in total. The van der Waals surface area contributed by atoms with Crippen LogP contribution in [-0.2, 0) is 0 Å². The van der Waals surface area contributed by atoms with E-state index in [1.54, 1.807) is 17.2 Å². The van der Waals surface area contributed by atoms with Crippen LogP contribution < -0.4 is 5.32 Å². The van der Waals surface area contributed by atoms with Crippen LogP contribution in [0.1, 0.15) is 49.2 Å². The minimum absolute atomic E-state index is 0.0233. The number of aromatic amines is 1. The molecule has 1 aliphatic rings. The van der Waals surface area contributed by atoms with Crippen LogP contribution in [0.2, 0.25) is 0 Å². The van der Waals surface area contributed by atoms with Crippen LogP contribution >= 0.6 is 0 Å². The van der Waals surface area contributed by atoms with Gasteiger partial charge in [-0.05, 0) is 63.1 Å². The number of nitrogens with zero attached hydrogens (tertiary/aromatic N) is 3. The third-order valence-electron chi connectivity index (χ3n) is 5.65. The first-order chi connectivity index (χ1) is 14.0. The molecule has 4 rings (SSSR count). The van der Waals surface area contributed by atoms with Gasteiger partial charge < -0.3 is 10.2 Å². The Morgan fingerprint density at radius 1 is 1.31 bits per heavy atom. The summed E-state index contributed by atoms with van der Waals surface area (Å²) in [5.41, 5.74) is 3.57. The molecule has 1 aliphatic heterocycles. The number of hydrogen-bond donors (Lipinski definition) is 2. The molecule has 1 amide bonds. The lowest BCUT2D eigenvalue weighted by atomic mass is 9.93. The van der Waals surface area contributed by atoms with E-state index in [-0.39, 0.29) is 11.9 Å². The number of fused-ring (bicyclic) bond motifs is 1. The van der Waals surface area contributed by atoms with E-state index in [1.165, 1.54) is 12.1 Å². The highest BCUT2D eigenvalue weighted by molar-refractivity contribution is 6.05. The molecule has 3 heterocycles. The third kappa shape index (κ3) is 3.62. The molecule has 29 heavy (non-hydrogen) atoms. The Kier molecular flexibility index (Phi) is 5.32. The van der Waals surface area contributed by atoms with Gasteiger partial charge in [0.2, 0.25) is 0 Å². The fourth-order valence-corrected chi connectivity index (χ4v) is 4.11. The Bertz CT molecular complexity index is 1040. The van der Waals surface area contributed by atoms with Crippen LogP contribution in [0.25, 0.3) is 22.2 Å². The molecule has 1 atom stereocenters. The fourth-order valence-electron chi connectivity index (χ4n) is 4.11. The lowest BCUT2D eigenvalue weighted by Crippen LogP contribution is -2.37. The number of halogens is 1. The number of hydrogen-bond acceptors (Lipinski definition) is 4. The molecule has 0 spiro atoms. The largest absolute Gasteiger partial charge is 0.336 e. The maximum absolute atomic E-state index is 14.2. The molecule has 1 aromatic carbocycles. The van der Waals surface area contributed by atoms with Crippen LogP contribution in [0.4, 0.5) is 4.39 Å². The van der Waals surface area contributed by atoms with Crippen molar-refractivity contribution in [3.8, 4) is 11.1 Å². The van der Waals surface area contributed by atoms with Crippen LogP contribution in [-0.4, -0.2) is 51.7 Å². The quantitative estimate of drug-likeness (QED) is 0.691. The molecule has 6 nitrogen and oxygen atoms in total. The lowest BCUT2D eigenvalue weighted by molar-refractivity contribution is 0.0717. The predicted octanol–water partition coefficient (Wildman–Crippen LogP) is 3.71. The lowest BCUT2D eigenvalue weighted by Gasteiger charge is -2.26. The van der Waals surface area contributed by atoms with Crippen LogP contribution in [0.3, 0.4) is 0 Å². The summed E-state index contributed by atoms with van der Waals surface area (Å²) in [4.78, 5) is 19.8. The zero-order valence-corrected chi connectivity index (χ0v) is 17.0. The number of benzene rings is 1. The van der Waals surface area contributed by atoms with Gasteiger partial charge in [-0.15, -0.1) is 0 Å². The van der Waals surface area contributed by atoms with Crippen molar-refractivity contribution in [1.82, 2.24) is 25.4 Å². The van der Waals surface area contributed by atoms with Crippen LogP contribution in [0.5, 0.6) is 0 Å². The molecule has 2 aromatic heterocycles. The summed E-state index contributed by atoms with van der Waals surface area (Å²) < 4.78 is 14.2. The van der Waals surface area contributed by atoms with E-state index in [4.69, 9.17) is 4.98 Å². The Morgan fingerprint density at radius 3 is 2.83 bits per heavy atom. The third-order valence-corrected chi connectivity index (χ3v) is 5.65. The summed E-state index contributed by atoms with van der Waals surface area (Å²) in [6.07, 6.45) is 2.73. The van der Waals surface area contributed by atoms with E-state index >= 15 is 0 Å². The Morgan fingerprint density at radius 2 is 2.14 bits per heavy atom. The van der Waals surface area contributed by atoms with E-state index in [1.807, 2.05) is 26.8 Å². The van der Waals surface area contributed by atoms with Gasteiger partial charge in [-0.25, -0.2) is 9.37 Å². The van der Waals surface area contributed by atoms with Gasteiger partial charge in [0.1, 0.15) is 5.82 Å². The van der Waals surface area contributed by atoms with Crippen LogP contribution in [0, 0.1) is 5.82 Å². The van der Waals surface area contributed by atoms with E-state index in [0.717, 1.165) is 36.2 Å². The van der Waals surface area contributed by atoms with Crippen molar-refractivity contribution in [2.75, 3.05) is 19.6 Å². The van der Waals surface area contributed by atoms with E-state index < -0.39 is 5.82 Å². The van der Waals surface area contributed by atoms with Gasteiger partial charge in [0.25, 0.3) is 5.91 Å². The molecule has 0 radical (unpaired) electrons. The standard InChI is InChI=1S/C22H26FN5O/c1-4-28(13(2)3)22(29)18-9-15(23)5-6-16(18)17-10-20(14-7-8-24-11-14)26-21-19(17)12-25-27-21/h5-6,9-10,12-14,24H,4,7-8,11H2,1-3H3,(H,25,26,27). The van der Waals surface area contributed by atoms with Crippen molar-refractivity contribution in [3.05, 3.63) is 47.5 Å². The predicted molar refractivity (Wildman–Crippen MR) is 111 cm³/mol. The molecule has 3 aromatic rings. The number of carbonyl (C=O) groups is 1. The summed E-state index contributed by atoms with van der Waals surface area (Å²) in [6.45, 7) is 8.26. The Hall–Kier alpha value is -2.80. The first-order valence-electron chi connectivity index (χ1n) is 10.1. The maximum Gasteiger partial charge on any atom is 0.254 e. The first kappa shape index (κ1) is 19.5. The highest BCUT2D eigenvalue weighted by Gasteiger charge is 2.25. The molecule has 0 bridgehead atoms. The summed E-state index contributed by atoms with van der Waals surface area (Å²) in [5.74, 6) is -0.284. The number of rotatable bonds is 5. The van der Waals surface area contributed by atoms with Gasteiger partial charge in [-0.3, -0.25) is 9.89 Å². The maximum atomic E-state index is 14.2. The van der Waals surface area contributed by atoms with E-state index in [0.29, 0.717) is 29.2 Å². The number of carbonyl (C=O) groups excluding carboxylic acids is 1. The second kappa shape index (κ2) is 7.91. The number of H-pyrrole nitrogens is 1. The fraction of sp³-hybridized carbons (Fsp3) is 0.409. The smallest absolute Gasteiger partial charge is 0.254 e. The minimum atomic E-state index is -0.422. The van der Waals surface area contributed by atoms with Gasteiger partial charge in [0, 0.05) is 36.1 Å². The van der Waals surface area contributed by atoms with Crippen molar-refractivity contribution in [3.63, 3.8) is 0 Å². The summed E-state index contributed by atoms with van der Waals surface area (Å²) in [5, 5.41) is 11.3. The van der Waals surface area contributed by atoms with E-state index in [2.05, 4.69) is 15.5 Å². The molecule has 7 heteroatoms. The minimum Gasteiger partial charge on any atom is -0.336 e. The SMILES string of the molecule is CCN(C(=O)c1cc(F)ccc1-c1cc(C2CCNC2)nc2[nH]ncc12)C(C)C. The summed E-state index contributed by atoms with van der Waals surface area (Å²) in [7, 11) is 0. The average Bonchev–Trinajstić information content (AvgIpc) is 3.39. The first-order valence-corrected chi connectivity index (χ1v) is 10.1. The second-order valence-corrected chi connectivity index (χ2v) is 7.79. The van der Waals surface area contributed by atoms with Gasteiger partial charge in [-0.2, -0.15) is 5.10 Å². The summed E-state index contributed by atoms with van der Waals surface area (Å²) >= 11 is 0. The van der Waals surface area contributed by atoms with Crippen molar-refractivity contribution >= 4 is 16.9 Å². The average molecular weight is 395 g/mol. The highest BCUT2D eigenvalue weighted by atomic mass is 19.1. The number of pyridine rings is 1.